The standard InChI is InChI=1S/C11H22N2/c1-8(2)13-10-3-4-11(13)6-9(5-10)7-12/h8-11H,3-7,12H2,1-2H3/t10-,11-/m1/s1. The zero-order valence-corrected chi connectivity index (χ0v) is 8.87. The molecule has 2 fully saturated rings. The summed E-state index contributed by atoms with van der Waals surface area (Å²) in [5.74, 6) is 0.812. The molecular weight excluding hydrogens is 160 g/mol. The highest BCUT2D eigenvalue weighted by Gasteiger charge is 2.40. The van der Waals surface area contributed by atoms with Crippen molar-refractivity contribution in [2.75, 3.05) is 6.54 Å². The van der Waals surface area contributed by atoms with E-state index in [1.807, 2.05) is 0 Å². The minimum Gasteiger partial charge on any atom is -0.330 e. The molecule has 0 aromatic carbocycles. The Bertz CT molecular complexity index is 165. The van der Waals surface area contributed by atoms with Gasteiger partial charge in [0.1, 0.15) is 0 Å². The van der Waals surface area contributed by atoms with Gasteiger partial charge in [0.05, 0.1) is 0 Å². The van der Waals surface area contributed by atoms with Crippen LogP contribution in [0, 0.1) is 5.92 Å². The third kappa shape index (κ3) is 1.62. The van der Waals surface area contributed by atoms with Crippen molar-refractivity contribution in [3.63, 3.8) is 0 Å². The summed E-state index contributed by atoms with van der Waals surface area (Å²) in [5, 5.41) is 0. The third-order valence-electron chi connectivity index (χ3n) is 3.82. The lowest BCUT2D eigenvalue weighted by Gasteiger charge is -2.41. The molecule has 0 spiro atoms. The lowest BCUT2D eigenvalue weighted by atomic mass is 9.90. The Labute approximate surface area is 81.5 Å². The Morgan fingerprint density at radius 2 is 1.77 bits per heavy atom. The molecule has 2 nitrogen and oxygen atoms in total. The van der Waals surface area contributed by atoms with Crippen LogP contribution in [-0.2, 0) is 0 Å². The van der Waals surface area contributed by atoms with E-state index in [4.69, 9.17) is 5.73 Å². The van der Waals surface area contributed by atoms with Crippen molar-refractivity contribution in [3.8, 4) is 0 Å². The molecule has 0 unspecified atom stereocenters. The summed E-state index contributed by atoms with van der Waals surface area (Å²) in [7, 11) is 0. The molecule has 76 valence electrons. The fourth-order valence-electron chi connectivity index (χ4n) is 3.36. The second-order valence-electron chi connectivity index (χ2n) is 5.00. The molecule has 2 saturated heterocycles. The van der Waals surface area contributed by atoms with Crippen LogP contribution < -0.4 is 5.73 Å². The number of rotatable bonds is 2. The van der Waals surface area contributed by atoms with Crippen molar-refractivity contribution in [1.29, 1.82) is 0 Å². The predicted molar refractivity (Wildman–Crippen MR) is 55.6 cm³/mol. The van der Waals surface area contributed by atoms with E-state index < -0.39 is 0 Å². The average Bonchev–Trinajstić information content (AvgIpc) is 2.37. The zero-order chi connectivity index (χ0) is 9.42. The first-order chi connectivity index (χ1) is 6.22. The number of hydrogen-bond acceptors (Lipinski definition) is 2. The summed E-state index contributed by atoms with van der Waals surface area (Å²) in [6.07, 6.45) is 5.54. The van der Waals surface area contributed by atoms with Gasteiger partial charge in [-0.05, 0) is 52.0 Å². The van der Waals surface area contributed by atoms with Crippen LogP contribution in [0.4, 0.5) is 0 Å². The van der Waals surface area contributed by atoms with E-state index in [1.54, 1.807) is 0 Å². The SMILES string of the molecule is CC(C)N1[C@@H]2CC[C@@H]1CC(CN)C2. The summed E-state index contributed by atoms with van der Waals surface area (Å²) < 4.78 is 0. The van der Waals surface area contributed by atoms with Crippen LogP contribution in [0.25, 0.3) is 0 Å². The molecular formula is C11H22N2. The van der Waals surface area contributed by atoms with Crippen LogP contribution in [0.2, 0.25) is 0 Å². The topological polar surface area (TPSA) is 29.3 Å². The molecule has 0 amide bonds. The van der Waals surface area contributed by atoms with Gasteiger partial charge >= 0.3 is 0 Å². The van der Waals surface area contributed by atoms with E-state index in [-0.39, 0.29) is 0 Å². The van der Waals surface area contributed by atoms with E-state index in [0.29, 0.717) is 0 Å². The van der Waals surface area contributed by atoms with Crippen LogP contribution in [0.1, 0.15) is 39.5 Å². The first kappa shape index (κ1) is 9.47. The van der Waals surface area contributed by atoms with Gasteiger partial charge in [0.15, 0.2) is 0 Å². The van der Waals surface area contributed by atoms with E-state index in [2.05, 4.69) is 18.7 Å². The van der Waals surface area contributed by atoms with Crippen LogP contribution >= 0.6 is 0 Å². The maximum Gasteiger partial charge on any atom is 0.0105 e. The van der Waals surface area contributed by atoms with Crippen molar-refractivity contribution < 1.29 is 0 Å². The number of hydrogen-bond donors (Lipinski definition) is 1. The summed E-state index contributed by atoms with van der Waals surface area (Å²) in [4.78, 5) is 2.73. The fraction of sp³-hybridized carbons (Fsp3) is 1.00. The lowest BCUT2D eigenvalue weighted by molar-refractivity contribution is 0.0758. The van der Waals surface area contributed by atoms with Crippen molar-refractivity contribution >= 4 is 0 Å². The molecule has 0 aromatic rings. The molecule has 0 aliphatic carbocycles. The van der Waals surface area contributed by atoms with Crippen molar-refractivity contribution in [2.24, 2.45) is 11.7 Å². The Morgan fingerprint density at radius 1 is 1.23 bits per heavy atom. The molecule has 2 N–H and O–H groups in total. The molecule has 2 aliphatic heterocycles. The number of piperidine rings is 1. The molecule has 2 heterocycles. The molecule has 2 atom stereocenters. The summed E-state index contributed by atoms with van der Waals surface area (Å²) in [6, 6.07) is 2.44. The Balaban J connectivity index is 2.04. The molecule has 2 rings (SSSR count). The van der Waals surface area contributed by atoms with Crippen molar-refractivity contribution in [3.05, 3.63) is 0 Å². The largest absolute Gasteiger partial charge is 0.330 e. The monoisotopic (exact) mass is 182 g/mol. The number of nitrogens with two attached hydrogens (primary N) is 1. The van der Waals surface area contributed by atoms with Gasteiger partial charge in [-0.2, -0.15) is 0 Å². The minimum atomic E-state index is 0.733. The summed E-state index contributed by atoms with van der Waals surface area (Å²) >= 11 is 0. The van der Waals surface area contributed by atoms with Gasteiger partial charge in [0, 0.05) is 18.1 Å². The third-order valence-corrected chi connectivity index (χ3v) is 3.82. The fourth-order valence-corrected chi connectivity index (χ4v) is 3.36. The Kier molecular flexibility index (Phi) is 2.61. The second-order valence-corrected chi connectivity index (χ2v) is 5.00. The first-order valence-electron chi connectivity index (χ1n) is 5.70. The van der Waals surface area contributed by atoms with Crippen LogP contribution in [0.15, 0.2) is 0 Å². The molecule has 0 saturated carbocycles. The quantitative estimate of drug-likeness (QED) is 0.703. The summed E-state index contributed by atoms with van der Waals surface area (Å²) in [5.41, 5.74) is 5.76. The number of fused-ring (bicyclic) bond motifs is 2. The normalized spacial score (nSPS) is 40.2. The highest BCUT2D eigenvalue weighted by molar-refractivity contribution is 4.96. The van der Waals surface area contributed by atoms with Gasteiger partial charge in [-0.15, -0.1) is 0 Å². The van der Waals surface area contributed by atoms with E-state index >= 15 is 0 Å². The van der Waals surface area contributed by atoms with Crippen molar-refractivity contribution in [1.82, 2.24) is 4.90 Å². The number of nitrogens with zero attached hydrogens (tertiary/aromatic N) is 1. The first-order valence-corrected chi connectivity index (χ1v) is 5.70. The highest BCUT2D eigenvalue weighted by Crippen LogP contribution is 2.39. The predicted octanol–water partition coefficient (Wildman–Crippen LogP) is 1.60. The van der Waals surface area contributed by atoms with Gasteiger partial charge < -0.3 is 5.73 Å². The van der Waals surface area contributed by atoms with Gasteiger partial charge in [-0.25, -0.2) is 0 Å². The molecule has 2 bridgehead atoms. The van der Waals surface area contributed by atoms with Gasteiger partial charge in [0.25, 0.3) is 0 Å². The molecule has 2 heteroatoms. The Morgan fingerprint density at radius 3 is 2.15 bits per heavy atom. The Hall–Kier alpha value is -0.0800. The summed E-state index contributed by atoms with van der Waals surface area (Å²) in [6.45, 7) is 5.56. The second kappa shape index (κ2) is 3.58. The van der Waals surface area contributed by atoms with Crippen LogP contribution in [0.3, 0.4) is 0 Å². The van der Waals surface area contributed by atoms with E-state index in [9.17, 15) is 0 Å². The molecule has 13 heavy (non-hydrogen) atoms. The zero-order valence-electron chi connectivity index (χ0n) is 8.87. The van der Waals surface area contributed by atoms with Gasteiger partial charge in [-0.1, -0.05) is 0 Å². The smallest absolute Gasteiger partial charge is 0.0105 e. The van der Waals surface area contributed by atoms with E-state index in [1.165, 1.54) is 25.7 Å². The maximum absolute atomic E-state index is 5.76. The molecule has 0 radical (unpaired) electrons. The highest BCUT2D eigenvalue weighted by atomic mass is 15.2. The van der Waals surface area contributed by atoms with Crippen molar-refractivity contribution in [2.45, 2.75) is 57.7 Å². The van der Waals surface area contributed by atoms with Gasteiger partial charge in [0.2, 0.25) is 0 Å². The van der Waals surface area contributed by atoms with Crippen LogP contribution in [-0.4, -0.2) is 29.6 Å². The average molecular weight is 182 g/mol. The van der Waals surface area contributed by atoms with Crippen LogP contribution in [0.5, 0.6) is 0 Å². The minimum absolute atomic E-state index is 0.733. The van der Waals surface area contributed by atoms with E-state index in [0.717, 1.165) is 30.6 Å². The van der Waals surface area contributed by atoms with Gasteiger partial charge in [-0.3, -0.25) is 4.90 Å². The lowest BCUT2D eigenvalue weighted by Crippen LogP contribution is -2.47. The molecule has 0 aromatic heterocycles. The maximum atomic E-state index is 5.76. The molecule has 2 aliphatic rings.